The molecule has 3 aliphatic heterocycles. The van der Waals surface area contributed by atoms with Gasteiger partial charge in [0, 0.05) is 64.8 Å². The van der Waals surface area contributed by atoms with Crippen LogP contribution in [0.25, 0.3) is 0 Å². The van der Waals surface area contributed by atoms with E-state index in [4.69, 9.17) is 74.3 Å². The summed E-state index contributed by atoms with van der Waals surface area (Å²) in [6.45, 7) is 12.1. The summed E-state index contributed by atoms with van der Waals surface area (Å²) >= 11 is 19.1. The van der Waals surface area contributed by atoms with E-state index in [1.165, 1.54) is 33.1 Å². The second-order valence-corrected chi connectivity index (χ2v) is 23.1. The smallest absolute Gasteiger partial charge is 0.412 e. The van der Waals surface area contributed by atoms with Crippen LogP contribution in [0.5, 0.6) is 5.75 Å². The number of epoxide rings is 1. The minimum atomic E-state index is -1.68. The molecule has 0 aromatic heterocycles. The SMILES string of the molecule is COc1cc2cc(c1Cl)N(C)C(=O)C[C@H](OC(=O)Nc1cc(F)c(CC(=O)[C@H](CCCNC(N)=O)NC(=O)[C@@H](CC(=S)NCCOCCOCCC(C)=O)C(C)C)cc1Cl)[C@]1(C)O[C@H]1[C@H](C)[C@@H]1C[C@@](O)(CC(=O)O1)[C@H](OC)/C=C/C=C(\C)C2. The Morgan fingerprint density at radius 1 is 1.02 bits per heavy atom. The van der Waals surface area contributed by atoms with Crippen molar-refractivity contribution in [2.24, 2.45) is 23.5 Å². The third-order valence-corrected chi connectivity index (χ3v) is 16.0. The van der Waals surface area contributed by atoms with E-state index in [0.29, 0.717) is 62.2 Å². The standard InChI is InChI=1S/C58H79Cl2FN6O15S/c1-32(2)38(27-49(83)63-17-19-79-21-20-78-18-15-34(4)68)54(72)65-41(13-11-16-64-55(62)73)44(69)26-37-25-39(59)42(28-40(37)61)66-56(74)81-48-29-50(70)67(7)43-23-36(24-45(76-8)52(43)60)22-33(3)12-10-14-47(77-9)58(75)30-46(80-51(71)31-58)35(5)53-57(48,6)82-53/h10,12,14,23-25,28,32,35,38,41,46-48,53,75H,11,13,15-22,26-27,29-31H2,1-9H3,(H,63,83)(H,65,72)(H,66,74)(H3,62,64,73)/b14-10+,33-12+/t35-,38+,41+,46+,47-,48+,53+,57+,58-/m1/s1. The first-order valence-corrected chi connectivity index (χ1v) is 28.7. The van der Waals surface area contributed by atoms with E-state index >= 15 is 4.39 Å². The maximum absolute atomic E-state index is 16.2. The van der Waals surface area contributed by atoms with E-state index in [1.54, 1.807) is 38.1 Å². The maximum atomic E-state index is 16.2. The van der Waals surface area contributed by atoms with Crippen LogP contribution in [0.2, 0.25) is 10.0 Å². The molecule has 458 valence electrons. The van der Waals surface area contributed by atoms with Crippen molar-refractivity contribution in [2.45, 2.75) is 141 Å². The number of nitrogens with two attached hydrogens (primary N) is 1. The Kier molecular flexibility index (Phi) is 25.7. The largest absolute Gasteiger partial charge is 0.495 e. The highest BCUT2D eigenvalue weighted by Crippen LogP contribution is 2.50. The van der Waals surface area contributed by atoms with Crippen molar-refractivity contribution < 1.29 is 76.2 Å². The average Bonchev–Trinajstić information content (AvgIpc) is 1.82. The quantitative estimate of drug-likeness (QED) is 0.0251. The number of amides is 5. The van der Waals surface area contributed by atoms with E-state index in [2.05, 4.69) is 21.3 Å². The predicted octanol–water partition coefficient (Wildman–Crippen LogP) is 7.05. The molecular weight excluding hydrogens is 1140 g/mol. The molecule has 0 aliphatic carbocycles. The van der Waals surface area contributed by atoms with Crippen LogP contribution in [0, 0.1) is 23.6 Å². The third kappa shape index (κ3) is 19.6. The number of nitrogens with zero attached hydrogens (tertiary/aromatic N) is 1. The number of hydrogen-bond donors (Lipinski definition) is 6. The number of thiocarbonyl (C=S) groups is 1. The molecule has 2 fully saturated rings. The number of rotatable bonds is 25. The molecular formula is C58H79Cl2FN6O15S. The van der Waals surface area contributed by atoms with Crippen molar-refractivity contribution >= 4 is 93.3 Å². The van der Waals surface area contributed by atoms with Crippen molar-refractivity contribution in [3.63, 3.8) is 0 Å². The van der Waals surface area contributed by atoms with Gasteiger partial charge in [-0.25, -0.2) is 14.0 Å². The summed E-state index contributed by atoms with van der Waals surface area (Å²) in [7, 11) is 4.38. The fourth-order valence-electron chi connectivity index (χ4n) is 10.1. The Morgan fingerprint density at radius 2 is 1.73 bits per heavy atom. The molecule has 3 heterocycles. The highest BCUT2D eigenvalue weighted by Gasteiger charge is 2.64. The number of urea groups is 1. The summed E-state index contributed by atoms with van der Waals surface area (Å²) in [5, 5.41) is 22.8. The predicted molar refractivity (Wildman–Crippen MR) is 313 cm³/mol. The summed E-state index contributed by atoms with van der Waals surface area (Å²) in [5.41, 5.74) is 3.68. The molecule has 2 aromatic carbocycles. The number of ether oxygens (including phenoxy) is 7. The lowest BCUT2D eigenvalue weighted by Crippen LogP contribution is -2.53. The van der Waals surface area contributed by atoms with Gasteiger partial charge in [0.2, 0.25) is 11.8 Å². The van der Waals surface area contributed by atoms with Gasteiger partial charge in [-0.15, -0.1) is 0 Å². The summed E-state index contributed by atoms with van der Waals surface area (Å²) in [6.07, 6.45) is -0.173. The molecule has 2 aromatic rings. The Balaban J connectivity index is 1.34. The second-order valence-electron chi connectivity index (χ2n) is 21.8. The zero-order valence-corrected chi connectivity index (χ0v) is 50.8. The van der Waals surface area contributed by atoms with Gasteiger partial charge < -0.3 is 64.8 Å². The number of esters is 1. The Bertz CT molecular complexity index is 2750. The van der Waals surface area contributed by atoms with Crippen molar-refractivity contribution in [1.29, 1.82) is 0 Å². The zero-order valence-electron chi connectivity index (χ0n) is 48.5. The fourth-order valence-corrected chi connectivity index (χ4v) is 10.9. The summed E-state index contributed by atoms with van der Waals surface area (Å²) in [6, 6.07) is 3.61. The van der Waals surface area contributed by atoms with Crippen LogP contribution < -0.4 is 36.6 Å². The number of halogens is 3. The van der Waals surface area contributed by atoms with Crippen LogP contribution in [-0.4, -0.2) is 154 Å². The third-order valence-electron chi connectivity index (χ3n) is 15.0. The van der Waals surface area contributed by atoms with Crippen LogP contribution in [-0.2, 0) is 65.2 Å². The molecule has 25 heteroatoms. The number of carbonyl (C=O) groups is 7. The first kappa shape index (κ1) is 68.0. The van der Waals surface area contributed by atoms with Gasteiger partial charge in [0.15, 0.2) is 5.78 Å². The Labute approximate surface area is 499 Å². The van der Waals surface area contributed by atoms with Crippen LogP contribution in [0.3, 0.4) is 0 Å². The minimum absolute atomic E-state index is 0.0360. The van der Waals surface area contributed by atoms with E-state index in [-0.39, 0.29) is 71.6 Å². The fraction of sp³-hybridized carbons (Fsp3) is 0.586. The van der Waals surface area contributed by atoms with Gasteiger partial charge in [0.25, 0.3) is 0 Å². The number of primary amides is 1. The highest BCUT2D eigenvalue weighted by molar-refractivity contribution is 7.80. The van der Waals surface area contributed by atoms with Gasteiger partial charge in [-0.2, -0.15) is 0 Å². The van der Waals surface area contributed by atoms with Gasteiger partial charge in [-0.05, 0) is 81.3 Å². The van der Waals surface area contributed by atoms with Crippen molar-refractivity contribution in [2.75, 3.05) is 71.0 Å². The normalized spacial score (nSPS) is 24.4. The number of nitrogens with one attached hydrogen (secondary N) is 4. The van der Waals surface area contributed by atoms with E-state index in [1.807, 2.05) is 26.8 Å². The van der Waals surface area contributed by atoms with Gasteiger partial charge >= 0.3 is 18.1 Å². The summed E-state index contributed by atoms with van der Waals surface area (Å²) in [4.78, 5) is 93.8. The molecule has 83 heavy (non-hydrogen) atoms. The molecule has 2 saturated heterocycles. The number of aliphatic hydroxyl groups is 1. The Hall–Kier alpha value is -5.79. The minimum Gasteiger partial charge on any atom is -0.495 e. The Morgan fingerprint density at radius 3 is 2.40 bits per heavy atom. The average molecular weight is 1220 g/mol. The summed E-state index contributed by atoms with van der Waals surface area (Å²) < 4.78 is 56.5. The van der Waals surface area contributed by atoms with Gasteiger partial charge in [0.05, 0.1) is 79.9 Å². The molecule has 5 rings (SSSR count). The zero-order chi connectivity index (χ0) is 61.3. The first-order valence-electron chi connectivity index (χ1n) is 27.5. The van der Waals surface area contributed by atoms with E-state index in [0.717, 1.165) is 23.3 Å². The molecule has 0 radical (unpaired) electrons. The molecule has 4 bridgehead atoms. The van der Waals surface area contributed by atoms with Gasteiger partial charge in [0.1, 0.15) is 51.9 Å². The topological polar surface area (TPSA) is 285 Å². The number of carbonyl (C=O) groups excluding carboxylic acids is 7. The van der Waals surface area contributed by atoms with Crippen LogP contribution >= 0.6 is 35.4 Å². The molecule has 21 nitrogen and oxygen atoms in total. The van der Waals surface area contributed by atoms with Crippen molar-refractivity contribution in [3.05, 3.63) is 75.1 Å². The lowest BCUT2D eigenvalue weighted by molar-refractivity contribution is -0.187. The molecule has 0 saturated carbocycles. The maximum Gasteiger partial charge on any atom is 0.412 e. The number of hydrogen-bond acceptors (Lipinski definition) is 16. The van der Waals surface area contributed by atoms with Crippen LogP contribution in [0.1, 0.15) is 97.6 Å². The van der Waals surface area contributed by atoms with Crippen molar-refractivity contribution in [3.8, 4) is 5.75 Å². The number of fused-ring (bicyclic) bond motifs is 5. The lowest BCUT2D eigenvalue weighted by Gasteiger charge is -2.41. The number of methoxy groups -OCH3 is 2. The molecule has 3 aliphatic rings. The van der Waals surface area contributed by atoms with E-state index < -0.39 is 108 Å². The number of anilines is 2. The number of Topliss-reactive ketones (excluding diaryl/α,β-unsaturated/α-hetero) is 2. The van der Waals surface area contributed by atoms with Crippen LogP contribution in [0.4, 0.5) is 25.4 Å². The molecule has 0 unspecified atom stereocenters. The summed E-state index contributed by atoms with van der Waals surface area (Å²) in [5.74, 6) is -4.43. The monoisotopic (exact) mass is 1220 g/mol. The lowest BCUT2D eigenvalue weighted by atomic mass is 9.78. The number of allylic oxidation sites excluding steroid dienone is 3. The second kappa shape index (κ2) is 31.4. The molecule has 7 N–H and O–H groups in total. The van der Waals surface area contributed by atoms with E-state index in [9.17, 15) is 38.7 Å². The highest BCUT2D eigenvalue weighted by atomic mass is 35.5. The van der Waals surface area contributed by atoms with Gasteiger partial charge in [-0.1, -0.05) is 80.0 Å². The van der Waals surface area contributed by atoms with Crippen molar-refractivity contribution in [1.82, 2.24) is 16.0 Å². The number of benzene rings is 2. The number of ketones is 2. The molecule has 5 amide bonds. The van der Waals surface area contributed by atoms with Gasteiger partial charge in [-0.3, -0.25) is 29.3 Å². The first-order chi connectivity index (χ1) is 39.2. The molecule has 9 atom stereocenters. The molecule has 0 spiro atoms. The van der Waals surface area contributed by atoms with Crippen LogP contribution in [0.15, 0.2) is 48.1 Å².